The van der Waals surface area contributed by atoms with Crippen LogP contribution in [0.4, 0.5) is 22.7 Å². The fraction of sp³-hybridized carbons (Fsp3) is 0.455. The summed E-state index contributed by atoms with van der Waals surface area (Å²) in [6.45, 7) is 0. The number of pyridine rings is 1. The Bertz CT molecular complexity index is 884. The van der Waals surface area contributed by atoms with Crippen molar-refractivity contribution in [3.8, 4) is 5.75 Å². The third-order valence-electron chi connectivity index (χ3n) is 3.29. The lowest BCUT2D eigenvalue weighted by Gasteiger charge is -2.20. The highest BCUT2D eigenvalue weighted by molar-refractivity contribution is 7.91. The standard InChI is InChI=1S/C11H10F4N2O6S2/c12-11(13,14)9-5-24(19,20)4-8(9)10(18)17-6-1-7(3-16-2-6)23-25(15,21)22/h1-3,8-9H,4-5H2,(H,17,18). The van der Waals surface area contributed by atoms with Gasteiger partial charge in [-0.3, -0.25) is 9.78 Å². The first-order chi connectivity index (χ1) is 11.3. The molecule has 2 rings (SSSR count). The van der Waals surface area contributed by atoms with Crippen molar-refractivity contribution in [1.82, 2.24) is 4.98 Å². The van der Waals surface area contributed by atoms with Crippen LogP contribution in [0.2, 0.25) is 0 Å². The summed E-state index contributed by atoms with van der Waals surface area (Å²) >= 11 is 0. The predicted molar refractivity (Wildman–Crippen MR) is 75.2 cm³/mol. The molecule has 1 N–H and O–H groups in total. The third kappa shape index (κ3) is 5.26. The van der Waals surface area contributed by atoms with E-state index >= 15 is 0 Å². The monoisotopic (exact) mass is 406 g/mol. The number of carbonyl (C=O) groups is 1. The van der Waals surface area contributed by atoms with Gasteiger partial charge in [0, 0.05) is 6.07 Å². The van der Waals surface area contributed by atoms with Gasteiger partial charge in [0.1, 0.15) is 0 Å². The number of carbonyl (C=O) groups excluding carboxylic acids is 1. The van der Waals surface area contributed by atoms with Crippen LogP contribution in [0.15, 0.2) is 18.5 Å². The van der Waals surface area contributed by atoms with Gasteiger partial charge < -0.3 is 9.50 Å². The van der Waals surface area contributed by atoms with Gasteiger partial charge in [-0.05, 0) is 0 Å². The van der Waals surface area contributed by atoms with Gasteiger partial charge in [0.2, 0.25) is 5.91 Å². The van der Waals surface area contributed by atoms with Gasteiger partial charge in [-0.2, -0.15) is 21.6 Å². The van der Waals surface area contributed by atoms with Gasteiger partial charge in [-0.15, -0.1) is 0 Å². The molecule has 0 aliphatic carbocycles. The summed E-state index contributed by atoms with van der Waals surface area (Å²) in [4.78, 5) is 15.5. The van der Waals surface area contributed by atoms with Crippen LogP contribution in [0.1, 0.15) is 0 Å². The Balaban J connectivity index is 2.20. The van der Waals surface area contributed by atoms with E-state index < -0.39 is 61.5 Å². The molecule has 1 saturated heterocycles. The van der Waals surface area contributed by atoms with E-state index in [1.165, 1.54) is 0 Å². The van der Waals surface area contributed by atoms with Crippen LogP contribution in [0, 0.1) is 11.8 Å². The molecular formula is C11H10F4N2O6S2. The lowest BCUT2D eigenvalue weighted by Crippen LogP contribution is -2.36. The van der Waals surface area contributed by atoms with Gasteiger partial charge in [-0.25, -0.2) is 8.42 Å². The summed E-state index contributed by atoms with van der Waals surface area (Å²) in [5.41, 5.74) is -0.295. The molecule has 1 fully saturated rings. The number of rotatable bonds is 4. The largest absolute Gasteiger partial charge is 0.488 e. The zero-order valence-corrected chi connectivity index (χ0v) is 13.7. The number of anilines is 1. The lowest BCUT2D eigenvalue weighted by molar-refractivity contribution is -0.180. The van der Waals surface area contributed by atoms with Crippen molar-refractivity contribution >= 4 is 31.9 Å². The molecule has 140 valence electrons. The van der Waals surface area contributed by atoms with E-state index in [0.717, 1.165) is 18.5 Å². The molecule has 0 bridgehead atoms. The zero-order chi connectivity index (χ0) is 19.0. The smallest absolute Gasteiger partial charge is 0.357 e. The number of nitrogens with zero attached hydrogens (tertiary/aromatic N) is 1. The van der Waals surface area contributed by atoms with Crippen molar-refractivity contribution in [2.45, 2.75) is 6.18 Å². The first-order valence-corrected chi connectivity index (χ1v) is 9.57. The molecule has 8 nitrogen and oxygen atoms in total. The molecule has 1 amide bonds. The molecule has 14 heteroatoms. The molecule has 25 heavy (non-hydrogen) atoms. The van der Waals surface area contributed by atoms with Crippen LogP contribution in [-0.2, 0) is 25.1 Å². The number of hydrogen-bond acceptors (Lipinski definition) is 7. The van der Waals surface area contributed by atoms with E-state index in [1.807, 2.05) is 5.32 Å². The van der Waals surface area contributed by atoms with Gasteiger partial charge in [0.05, 0.1) is 41.4 Å². The van der Waals surface area contributed by atoms with Crippen molar-refractivity contribution in [2.24, 2.45) is 11.8 Å². The van der Waals surface area contributed by atoms with Gasteiger partial charge in [0.25, 0.3) is 0 Å². The SMILES string of the molecule is O=C(Nc1cncc(OS(=O)(=O)F)c1)C1CS(=O)(=O)CC1C(F)(F)F. The van der Waals surface area contributed by atoms with Crippen LogP contribution in [0.25, 0.3) is 0 Å². The molecule has 1 aliphatic heterocycles. The molecule has 1 aromatic heterocycles. The quantitative estimate of drug-likeness (QED) is 0.581. The molecule has 0 spiro atoms. The molecule has 2 heterocycles. The fourth-order valence-corrected chi connectivity index (χ4v) is 4.67. The van der Waals surface area contributed by atoms with Crippen LogP contribution >= 0.6 is 0 Å². The summed E-state index contributed by atoms with van der Waals surface area (Å²) in [5, 5.41) is 1.99. The average molecular weight is 406 g/mol. The molecule has 0 radical (unpaired) electrons. The molecule has 1 aliphatic rings. The summed E-state index contributed by atoms with van der Waals surface area (Å²) in [7, 11) is -9.41. The third-order valence-corrected chi connectivity index (χ3v) is 5.41. The normalized spacial score (nSPS) is 23.2. The minimum absolute atomic E-state index is 0.295. The van der Waals surface area contributed by atoms with E-state index in [2.05, 4.69) is 9.17 Å². The minimum Gasteiger partial charge on any atom is -0.357 e. The van der Waals surface area contributed by atoms with E-state index in [0.29, 0.717) is 0 Å². The van der Waals surface area contributed by atoms with Crippen molar-refractivity contribution in [1.29, 1.82) is 0 Å². The highest BCUT2D eigenvalue weighted by atomic mass is 32.3. The first-order valence-electron chi connectivity index (χ1n) is 6.44. The number of amides is 1. The van der Waals surface area contributed by atoms with E-state index in [-0.39, 0.29) is 5.69 Å². The second kappa shape index (κ2) is 6.40. The maximum Gasteiger partial charge on any atom is 0.488 e. The summed E-state index contributed by atoms with van der Waals surface area (Å²) in [5.74, 6) is -8.30. The number of alkyl halides is 3. The average Bonchev–Trinajstić information content (AvgIpc) is 2.73. The van der Waals surface area contributed by atoms with Crippen LogP contribution < -0.4 is 9.50 Å². The highest BCUT2D eigenvalue weighted by Gasteiger charge is 2.55. The van der Waals surface area contributed by atoms with Crippen LogP contribution in [0.3, 0.4) is 0 Å². The molecule has 0 aromatic carbocycles. The second-order valence-corrected chi connectivity index (χ2v) is 8.31. The van der Waals surface area contributed by atoms with E-state index in [4.69, 9.17) is 0 Å². The molecule has 2 atom stereocenters. The molecular weight excluding hydrogens is 396 g/mol. The molecule has 0 saturated carbocycles. The minimum atomic E-state index is -5.36. The Morgan fingerprint density at radius 2 is 1.92 bits per heavy atom. The van der Waals surface area contributed by atoms with Gasteiger partial charge in [0.15, 0.2) is 15.6 Å². The lowest BCUT2D eigenvalue weighted by atomic mass is 9.94. The van der Waals surface area contributed by atoms with Crippen molar-refractivity contribution in [3.63, 3.8) is 0 Å². The maximum absolute atomic E-state index is 12.9. The van der Waals surface area contributed by atoms with Crippen LogP contribution in [0.5, 0.6) is 5.75 Å². The van der Waals surface area contributed by atoms with Crippen molar-refractivity contribution in [3.05, 3.63) is 18.5 Å². The Labute approximate surface area is 139 Å². The topological polar surface area (TPSA) is 119 Å². The fourth-order valence-electron chi connectivity index (χ4n) is 2.31. The maximum atomic E-state index is 12.9. The predicted octanol–water partition coefficient (Wildman–Crippen LogP) is 0.836. The Kier molecular flexibility index (Phi) is 4.96. The molecule has 2 unspecified atom stereocenters. The Morgan fingerprint density at radius 3 is 2.48 bits per heavy atom. The number of halogens is 4. The Hall–Kier alpha value is -1.96. The highest BCUT2D eigenvalue weighted by Crippen LogP contribution is 2.39. The van der Waals surface area contributed by atoms with Gasteiger partial charge >= 0.3 is 16.7 Å². The number of aromatic nitrogens is 1. The number of nitrogens with one attached hydrogen (secondary N) is 1. The first kappa shape index (κ1) is 19.4. The van der Waals surface area contributed by atoms with Crippen LogP contribution in [-0.4, -0.2) is 45.4 Å². The summed E-state index contributed by atoms with van der Waals surface area (Å²) in [6, 6.07) is 0.800. The van der Waals surface area contributed by atoms with Crippen molar-refractivity contribution < 1.29 is 42.9 Å². The number of sulfone groups is 1. The van der Waals surface area contributed by atoms with Gasteiger partial charge in [-0.1, -0.05) is 3.89 Å². The zero-order valence-electron chi connectivity index (χ0n) is 12.0. The van der Waals surface area contributed by atoms with E-state index in [1.54, 1.807) is 0 Å². The van der Waals surface area contributed by atoms with E-state index in [9.17, 15) is 38.7 Å². The number of hydrogen-bond donors (Lipinski definition) is 1. The summed E-state index contributed by atoms with van der Waals surface area (Å²) in [6.07, 6.45) is -3.18. The second-order valence-electron chi connectivity index (χ2n) is 5.21. The Morgan fingerprint density at radius 1 is 1.28 bits per heavy atom. The summed E-state index contributed by atoms with van der Waals surface area (Å²) < 4.78 is 98.7. The molecule has 1 aromatic rings. The van der Waals surface area contributed by atoms with Crippen molar-refractivity contribution in [2.75, 3.05) is 16.8 Å².